The summed E-state index contributed by atoms with van der Waals surface area (Å²) >= 11 is 1.23. The first kappa shape index (κ1) is 10.8. The molecule has 0 N–H and O–H groups in total. The zero-order valence-electron chi connectivity index (χ0n) is 8.38. The summed E-state index contributed by atoms with van der Waals surface area (Å²) in [5.74, 6) is -0.249. The van der Waals surface area contributed by atoms with Gasteiger partial charge in [0, 0.05) is 41.0 Å². The number of rotatable bonds is 3. The van der Waals surface area contributed by atoms with Crippen LogP contribution in [0.15, 0.2) is 58.1 Å². The molecular formula is C12H9FN2S. The Morgan fingerprint density at radius 3 is 2.94 bits per heavy atom. The molecule has 0 saturated carbocycles. The van der Waals surface area contributed by atoms with E-state index in [1.54, 1.807) is 24.7 Å². The van der Waals surface area contributed by atoms with Crippen molar-refractivity contribution in [3.63, 3.8) is 0 Å². The van der Waals surface area contributed by atoms with E-state index in [0.29, 0.717) is 0 Å². The SMILES string of the molecule is Fc1cccc(S/N=C/c2cccnc2)c1. The number of aromatic nitrogens is 1. The van der Waals surface area contributed by atoms with Crippen LogP contribution in [0.3, 0.4) is 0 Å². The predicted octanol–water partition coefficient (Wildman–Crippen LogP) is 3.35. The zero-order chi connectivity index (χ0) is 11.2. The molecule has 4 heteroatoms. The maximum absolute atomic E-state index is 12.8. The summed E-state index contributed by atoms with van der Waals surface area (Å²) in [6, 6.07) is 10.1. The number of nitrogens with zero attached hydrogens (tertiary/aromatic N) is 2. The van der Waals surface area contributed by atoms with Crippen LogP contribution in [0, 0.1) is 5.82 Å². The smallest absolute Gasteiger partial charge is 0.124 e. The maximum atomic E-state index is 12.8. The van der Waals surface area contributed by atoms with Crippen molar-refractivity contribution in [2.24, 2.45) is 4.40 Å². The second-order valence-corrected chi connectivity index (χ2v) is 3.93. The molecule has 2 rings (SSSR count). The topological polar surface area (TPSA) is 25.2 Å². The molecule has 0 aliphatic heterocycles. The van der Waals surface area contributed by atoms with Gasteiger partial charge in [0.15, 0.2) is 0 Å². The van der Waals surface area contributed by atoms with Crippen LogP contribution in [0.5, 0.6) is 0 Å². The lowest BCUT2D eigenvalue weighted by Crippen LogP contribution is -1.80. The van der Waals surface area contributed by atoms with Crippen molar-refractivity contribution >= 4 is 18.2 Å². The molecule has 80 valence electrons. The van der Waals surface area contributed by atoms with E-state index in [0.717, 1.165) is 10.5 Å². The molecule has 0 spiro atoms. The maximum Gasteiger partial charge on any atom is 0.124 e. The van der Waals surface area contributed by atoms with Crippen LogP contribution in [0.1, 0.15) is 5.56 Å². The van der Waals surface area contributed by atoms with E-state index in [9.17, 15) is 4.39 Å². The van der Waals surface area contributed by atoms with Gasteiger partial charge in [0.1, 0.15) is 5.82 Å². The van der Waals surface area contributed by atoms with Crippen LogP contribution in [0.25, 0.3) is 0 Å². The molecular weight excluding hydrogens is 223 g/mol. The van der Waals surface area contributed by atoms with Crippen molar-refractivity contribution in [1.82, 2.24) is 4.98 Å². The average molecular weight is 232 g/mol. The first-order valence-electron chi connectivity index (χ1n) is 4.70. The minimum Gasteiger partial charge on any atom is -0.264 e. The highest BCUT2D eigenvalue weighted by molar-refractivity contribution is 7.98. The summed E-state index contributed by atoms with van der Waals surface area (Å²) in [5.41, 5.74) is 0.923. The number of benzene rings is 1. The first-order valence-corrected chi connectivity index (χ1v) is 5.48. The quantitative estimate of drug-likeness (QED) is 0.599. The summed E-state index contributed by atoms with van der Waals surface area (Å²) in [7, 11) is 0. The standard InChI is InChI=1S/C12H9FN2S/c13-11-4-1-5-12(7-11)16-15-9-10-3-2-6-14-8-10/h1-9H/b15-9+. The summed E-state index contributed by atoms with van der Waals surface area (Å²) in [6.07, 6.45) is 5.12. The van der Waals surface area contributed by atoms with Gasteiger partial charge in [-0.1, -0.05) is 12.1 Å². The third-order valence-corrected chi connectivity index (χ3v) is 2.52. The number of pyridine rings is 1. The third kappa shape index (κ3) is 3.17. The average Bonchev–Trinajstić information content (AvgIpc) is 2.30. The van der Waals surface area contributed by atoms with Crippen LogP contribution in [-0.4, -0.2) is 11.2 Å². The van der Waals surface area contributed by atoms with E-state index < -0.39 is 0 Å². The van der Waals surface area contributed by atoms with E-state index in [1.807, 2.05) is 18.2 Å². The lowest BCUT2D eigenvalue weighted by molar-refractivity contribution is 0.624. The molecule has 16 heavy (non-hydrogen) atoms. The van der Waals surface area contributed by atoms with Gasteiger partial charge in [-0.15, -0.1) is 0 Å². The molecule has 1 aromatic carbocycles. The molecule has 0 atom stereocenters. The van der Waals surface area contributed by atoms with Crippen molar-refractivity contribution in [2.75, 3.05) is 0 Å². The van der Waals surface area contributed by atoms with Crippen molar-refractivity contribution in [3.8, 4) is 0 Å². The highest BCUT2D eigenvalue weighted by Gasteiger charge is 1.93. The largest absolute Gasteiger partial charge is 0.264 e. The molecule has 0 amide bonds. The molecule has 1 heterocycles. The van der Waals surface area contributed by atoms with Gasteiger partial charge in [-0.05, 0) is 24.3 Å². The van der Waals surface area contributed by atoms with Gasteiger partial charge < -0.3 is 0 Å². The second kappa shape index (κ2) is 5.42. The highest BCUT2D eigenvalue weighted by Crippen LogP contribution is 2.19. The first-order chi connectivity index (χ1) is 7.84. The summed E-state index contributed by atoms with van der Waals surface area (Å²) in [5, 5.41) is 0. The molecule has 0 unspecified atom stereocenters. The summed E-state index contributed by atoms with van der Waals surface area (Å²) in [6.45, 7) is 0. The molecule has 0 fully saturated rings. The van der Waals surface area contributed by atoms with E-state index in [4.69, 9.17) is 0 Å². The third-order valence-electron chi connectivity index (χ3n) is 1.84. The Morgan fingerprint density at radius 2 is 2.19 bits per heavy atom. The molecule has 0 aliphatic rings. The molecule has 2 nitrogen and oxygen atoms in total. The summed E-state index contributed by atoms with van der Waals surface area (Å²) < 4.78 is 17.0. The molecule has 0 aliphatic carbocycles. The van der Waals surface area contributed by atoms with Crippen LogP contribution in [0.4, 0.5) is 4.39 Å². The number of hydrogen-bond donors (Lipinski definition) is 0. The summed E-state index contributed by atoms with van der Waals surface area (Å²) in [4.78, 5) is 4.74. The van der Waals surface area contributed by atoms with Crippen molar-refractivity contribution in [2.45, 2.75) is 4.90 Å². The van der Waals surface area contributed by atoms with Crippen LogP contribution < -0.4 is 0 Å². The monoisotopic (exact) mass is 232 g/mol. The minimum atomic E-state index is -0.249. The number of halogens is 1. The molecule has 2 aromatic rings. The number of hydrogen-bond acceptors (Lipinski definition) is 3. The van der Waals surface area contributed by atoms with Crippen LogP contribution >= 0.6 is 11.9 Å². The Kier molecular flexibility index (Phi) is 3.66. The highest BCUT2D eigenvalue weighted by atomic mass is 32.2. The van der Waals surface area contributed by atoms with Gasteiger partial charge >= 0.3 is 0 Å². The van der Waals surface area contributed by atoms with Gasteiger partial charge in [0.2, 0.25) is 0 Å². The fraction of sp³-hybridized carbons (Fsp3) is 0. The van der Waals surface area contributed by atoms with E-state index in [-0.39, 0.29) is 5.82 Å². The Labute approximate surface area is 97.4 Å². The van der Waals surface area contributed by atoms with Crippen molar-refractivity contribution in [3.05, 3.63) is 60.2 Å². The Bertz CT molecular complexity index is 485. The van der Waals surface area contributed by atoms with E-state index >= 15 is 0 Å². The van der Waals surface area contributed by atoms with E-state index in [2.05, 4.69) is 9.38 Å². The fourth-order valence-corrected chi connectivity index (χ4v) is 1.73. The molecule has 0 saturated heterocycles. The fourth-order valence-electron chi connectivity index (χ4n) is 1.12. The normalized spacial score (nSPS) is 10.8. The van der Waals surface area contributed by atoms with Gasteiger partial charge in [-0.2, -0.15) is 0 Å². The molecule has 0 radical (unpaired) electrons. The Morgan fingerprint density at radius 1 is 1.25 bits per heavy atom. The van der Waals surface area contributed by atoms with Crippen molar-refractivity contribution < 1.29 is 4.39 Å². The van der Waals surface area contributed by atoms with Crippen LogP contribution in [-0.2, 0) is 0 Å². The zero-order valence-corrected chi connectivity index (χ0v) is 9.19. The van der Waals surface area contributed by atoms with E-state index in [1.165, 1.54) is 24.1 Å². The molecule has 0 bridgehead atoms. The van der Waals surface area contributed by atoms with Gasteiger partial charge in [0.05, 0.1) is 0 Å². The van der Waals surface area contributed by atoms with Gasteiger partial charge in [-0.3, -0.25) is 4.98 Å². The van der Waals surface area contributed by atoms with Crippen molar-refractivity contribution in [1.29, 1.82) is 0 Å². The minimum absolute atomic E-state index is 0.249. The molecule has 1 aromatic heterocycles. The van der Waals surface area contributed by atoms with Crippen LogP contribution in [0.2, 0.25) is 0 Å². The second-order valence-electron chi connectivity index (χ2n) is 3.07. The Hall–Kier alpha value is -1.68. The predicted molar refractivity (Wildman–Crippen MR) is 64.1 cm³/mol. The lowest BCUT2D eigenvalue weighted by Gasteiger charge is -1.94. The lowest BCUT2D eigenvalue weighted by atomic mass is 10.3. The van der Waals surface area contributed by atoms with Gasteiger partial charge in [-0.25, -0.2) is 8.79 Å². The Balaban J connectivity index is 2.00. The van der Waals surface area contributed by atoms with Gasteiger partial charge in [0.25, 0.3) is 0 Å².